The number of ether oxygens (including phenoxy) is 1. The minimum Gasteiger partial charge on any atom is -0.459 e. The van der Waals surface area contributed by atoms with E-state index >= 15 is 0 Å². The molecule has 0 aromatic rings. The number of esters is 1. The minimum absolute atomic E-state index is 0.169. The Balaban J connectivity index is 2.07. The molecule has 15 heavy (non-hydrogen) atoms. The van der Waals surface area contributed by atoms with Crippen molar-refractivity contribution in [2.75, 3.05) is 43.1 Å². The van der Waals surface area contributed by atoms with Crippen LogP contribution < -0.4 is 4.90 Å². The van der Waals surface area contributed by atoms with E-state index in [2.05, 4.69) is 31.9 Å². The van der Waals surface area contributed by atoms with Gasteiger partial charge in [0.2, 0.25) is 0 Å². The van der Waals surface area contributed by atoms with Gasteiger partial charge in [0, 0.05) is 16.8 Å². The average Bonchev–Trinajstić information content (AvgIpc) is 2.29. The Morgan fingerprint density at radius 2 is 2.13 bits per heavy atom. The Labute approximate surface area is 112 Å². The van der Waals surface area contributed by atoms with E-state index in [9.17, 15) is 4.79 Å². The summed E-state index contributed by atoms with van der Waals surface area (Å²) >= 11 is 8.47. The Hall–Kier alpha value is 0.740. The van der Waals surface area contributed by atoms with Gasteiger partial charge in [-0.25, -0.2) is 0 Å². The van der Waals surface area contributed by atoms with Gasteiger partial charge in [-0.05, 0) is 0 Å². The third-order valence-electron chi connectivity index (χ3n) is 2.29. The monoisotopic (exact) mass is 360 g/mol. The van der Waals surface area contributed by atoms with Crippen molar-refractivity contribution in [1.82, 2.24) is 0 Å². The van der Waals surface area contributed by atoms with Crippen molar-refractivity contribution in [2.45, 2.75) is 4.83 Å². The highest BCUT2D eigenvalue weighted by atomic mass is 79.9. The average molecular weight is 362 g/mol. The third-order valence-corrected chi connectivity index (χ3v) is 5.49. The van der Waals surface area contributed by atoms with Gasteiger partial charge in [0.05, 0.1) is 13.1 Å². The summed E-state index contributed by atoms with van der Waals surface area (Å²) in [6, 6.07) is 0. The van der Waals surface area contributed by atoms with Crippen molar-refractivity contribution in [3.63, 3.8) is 0 Å². The van der Waals surface area contributed by atoms with Gasteiger partial charge in [-0.15, -0.1) is 0 Å². The molecule has 1 aliphatic heterocycles. The van der Waals surface area contributed by atoms with E-state index in [1.54, 1.807) is 4.90 Å². The van der Waals surface area contributed by atoms with Gasteiger partial charge in [-0.1, -0.05) is 31.9 Å². The topological polar surface area (TPSA) is 30.7 Å². The number of nitrogens with one attached hydrogen (secondary N) is 1. The third kappa shape index (κ3) is 5.56. The molecule has 1 unspecified atom stereocenters. The van der Waals surface area contributed by atoms with Crippen molar-refractivity contribution in [1.29, 1.82) is 0 Å². The number of alkyl halides is 2. The first-order valence-corrected chi connectivity index (χ1v) is 8.21. The van der Waals surface area contributed by atoms with E-state index in [-0.39, 0.29) is 10.8 Å². The number of thioether (sulfide) groups is 1. The Morgan fingerprint density at radius 1 is 1.47 bits per heavy atom. The van der Waals surface area contributed by atoms with E-state index in [0.717, 1.165) is 6.54 Å². The van der Waals surface area contributed by atoms with Crippen LogP contribution in [0.2, 0.25) is 0 Å². The summed E-state index contributed by atoms with van der Waals surface area (Å²) in [6.45, 7) is 3.86. The second-order valence-corrected chi connectivity index (χ2v) is 6.38. The van der Waals surface area contributed by atoms with Crippen LogP contribution in [0, 0.1) is 0 Å². The van der Waals surface area contributed by atoms with Crippen molar-refractivity contribution in [3.05, 3.63) is 0 Å². The number of carbonyl (C=O) groups is 1. The largest absolute Gasteiger partial charge is 0.459 e. The van der Waals surface area contributed by atoms with Gasteiger partial charge < -0.3 is 9.64 Å². The van der Waals surface area contributed by atoms with Gasteiger partial charge in [0.25, 0.3) is 0 Å². The van der Waals surface area contributed by atoms with Gasteiger partial charge in [0.1, 0.15) is 18.0 Å². The molecule has 0 aromatic carbocycles. The first-order chi connectivity index (χ1) is 7.24. The highest BCUT2D eigenvalue weighted by molar-refractivity contribution is 9.12. The molecule has 6 heteroatoms. The van der Waals surface area contributed by atoms with Crippen molar-refractivity contribution >= 4 is 49.6 Å². The van der Waals surface area contributed by atoms with Crippen LogP contribution in [0.4, 0.5) is 0 Å². The van der Waals surface area contributed by atoms with E-state index in [1.807, 2.05) is 11.8 Å². The molecule has 1 heterocycles. The van der Waals surface area contributed by atoms with Gasteiger partial charge in [0.15, 0.2) is 0 Å². The van der Waals surface area contributed by atoms with Gasteiger partial charge >= 0.3 is 5.97 Å². The fraction of sp³-hybridized carbons (Fsp3) is 0.889. The first-order valence-electron chi connectivity index (χ1n) is 5.02. The SMILES string of the molecule is O=C(OCC[NH+]1CCSCC1)C(Br)CBr. The lowest BCUT2D eigenvalue weighted by Crippen LogP contribution is -3.14. The Bertz CT molecular complexity index is 201. The van der Waals surface area contributed by atoms with Crippen molar-refractivity contribution in [3.8, 4) is 0 Å². The summed E-state index contributed by atoms with van der Waals surface area (Å²) < 4.78 is 5.15. The molecule has 3 nitrogen and oxygen atoms in total. The fourth-order valence-corrected chi connectivity index (χ4v) is 2.83. The predicted molar refractivity (Wildman–Crippen MR) is 70.4 cm³/mol. The van der Waals surface area contributed by atoms with Crippen LogP contribution in [0.5, 0.6) is 0 Å². The minimum atomic E-state index is -0.218. The van der Waals surface area contributed by atoms with Crippen LogP contribution in [0.1, 0.15) is 0 Å². The molecule has 1 saturated heterocycles. The molecule has 0 amide bonds. The van der Waals surface area contributed by atoms with E-state index in [1.165, 1.54) is 24.6 Å². The van der Waals surface area contributed by atoms with E-state index in [0.29, 0.717) is 11.9 Å². The number of carbonyl (C=O) groups excluding carboxylic acids is 1. The molecule has 0 spiro atoms. The van der Waals surface area contributed by atoms with Gasteiger partial charge in [-0.3, -0.25) is 4.79 Å². The maximum atomic E-state index is 11.3. The maximum absolute atomic E-state index is 11.3. The second-order valence-electron chi connectivity index (χ2n) is 3.40. The number of halogens is 2. The summed E-state index contributed by atoms with van der Waals surface area (Å²) in [5, 5.41) is 0.596. The molecule has 1 rings (SSSR count). The fourth-order valence-electron chi connectivity index (χ4n) is 1.36. The van der Waals surface area contributed by atoms with Gasteiger partial charge in [-0.2, -0.15) is 11.8 Å². The molecule has 0 bridgehead atoms. The first kappa shape index (κ1) is 13.8. The molecule has 1 atom stereocenters. The molecule has 0 aliphatic carbocycles. The quantitative estimate of drug-likeness (QED) is 0.565. The van der Waals surface area contributed by atoms with Crippen LogP contribution in [-0.2, 0) is 9.53 Å². The lowest BCUT2D eigenvalue weighted by Gasteiger charge is -2.23. The lowest BCUT2D eigenvalue weighted by atomic mass is 10.4. The number of hydrogen-bond acceptors (Lipinski definition) is 3. The van der Waals surface area contributed by atoms with Crippen LogP contribution in [0.3, 0.4) is 0 Å². The number of hydrogen-bond donors (Lipinski definition) is 1. The normalized spacial score (nSPS) is 19.9. The highest BCUT2D eigenvalue weighted by Gasteiger charge is 2.17. The lowest BCUT2D eigenvalue weighted by molar-refractivity contribution is -0.896. The molecule has 1 fully saturated rings. The second kappa shape index (κ2) is 7.92. The molecule has 0 aromatic heterocycles. The van der Waals surface area contributed by atoms with E-state index in [4.69, 9.17) is 4.74 Å². The molecule has 0 radical (unpaired) electrons. The number of quaternary nitrogens is 1. The summed E-state index contributed by atoms with van der Waals surface area (Å²) in [7, 11) is 0. The van der Waals surface area contributed by atoms with Crippen molar-refractivity contribution < 1.29 is 14.4 Å². The highest BCUT2D eigenvalue weighted by Crippen LogP contribution is 2.05. The van der Waals surface area contributed by atoms with E-state index < -0.39 is 0 Å². The Morgan fingerprint density at radius 3 is 2.73 bits per heavy atom. The summed E-state index contributed by atoms with van der Waals surface area (Å²) in [4.78, 5) is 12.6. The molecular formula is C9H16Br2NO2S+. The maximum Gasteiger partial charge on any atom is 0.320 e. The molecular weight excluding hydrogens is 346 g/mol. The zero-order valence-corrected chi connectivity index (χ0v) is 12.5. The van der Waals surface area contributed by atoms with Crippen LogP contribution >= 0.6 is 43.6 Å². The molecule has 88 valence electrons. The molecule has 1 aliphatic rings. The zero-order valence-electron chi connectivity index (χ0n) is 8.51. The van der Waals surface area contributed by atoms with Crippen LogP contribution in [0.15, 0.2) is 0 Å². The van der Waals surface area contributed by atoms with Crippen LogP contribution in [0.25, 0.3) is 0 Å². The molecule has 1 N–H and O–H groups in total. The summed E-state index contributed by atoms with van der Waals surface area (Å²) in [6.07, 6.45) is 0. The molecule has 0 saturated carbocycles. The predicted octanol–water partition coefficient (Wildman–Crippen LogP) is 0.320. The number of rotatable bonds is 5. The Kier molecular flexibility index (Phi) is 7.29. The summed E-state index contributed by atoms with van der Waals surface area (Å²) in [5.41, 5.74) is 0. The summed E-state index contributed by atoms with van der Waals surface area (Å²) in [5.74, 6) is 2.29. The zero-order chi connectivity index (χ0) is 11.1. The smallest absolute Gasteiger partial charge is 0.320 e. The van der Waals surface area contributed by atoms with Crippen molar-refractivity contribution in [2.24, 2.45) is 0 Å². The standard InChI is InChI=1S/C9H15Br2NO2S/c10-7-8(11)9(13)14-4-1-12-2-5-15-6-3-12/h8H,1-7H2/p+1. The van der Waals surface area contributed by atoms with Crippen LogP contribution in [-0.4, -0.2) is 53.9 Å².